The Morgan fingerprint density at radius 2 is 0.714 bits per heavy atom. The third-order valence-corrected chi connectivity index (χ3v) is 3.54. The van der Waals surface area contributed by atoms with Crippen LogP contribution in [0.4, 0.5) is 0 Å². The zero-order valence-electron chi connectivity index (χ0n) is 15.2. The van der Waals surface area contributed by atoms with Crippen LogP contribution in [-0.2, 0) is 24.0 Å². The lowest BCUT2D eigenvalue weighted by molar-refractivity contribution is -0.143. The topological polar surface area (TPSA) is 196 Å². The van der Waals surface area contributed by atoms with Gasteiger partial charge in [0.1, 0.15) is 0 Å². The molecule has 0 spiro atoms. The normalized spacial score (nSPS) is 11.1. The molecule has 0 aromatic heterocycles. The van der Waals surface area contributed by atoms with Crippen molar-refractivity contribution in [3.63, 3.8) is 0 Å². The molecule has 0 aliphatic carbocycles. The molecule has 0 amide bonds. The van der Waals surface area contributed by atoms with Gasteiger partial charge in [-0.05, 0) is 0 Å². The number of nitrogens with zero attached hydrogens (tertiary/aromatic N) is 3. The first-order chi connectivity index (χ1) is 13.0. The van der Waals surface area contributed by atoms with E-state index in [0.717, 1.165) is 4.90 Å². The number of carboxylic acid groups (broad SMARTS) is 5. The lowest BCUT2D eigenvalue weighted by atomic mass is 10.3. The smallest absolute Gasteiger partial charge is 0.317 e. The second-order valence-electron chi connectivity index (χ2n) is 5.98. The van der Waals surface area contributed by atoms with E-state index < -0.39 is 56.0 Å². The number of aliphatic carboxylic acids is 5. The van der Waals surface area contributed by atoms with Gasteiger partial charge < -0.3 is 25.5 Å². The molecule has 0 atom stereocenters. The highest BCUT2D eigenvalue weighted by Gasteiger charge is 2.18. The van der Waals surface area contributed by atoms with E-state index in [1.54, 1.807) is 0 Å². The van der Waals surface area contributed by atoms with Gasteiger partial charge in [-0.15, -0.1) is 0 Å². The number of carbonyl (C=O) groups is 5. The van der Waals surface area contributed by atoms with Gasteiger partial charge in [-0.2, -0.15) is 0 Å². The van der Waals surface area contributed by atoms with E-state index in [0.29, 0.717) is 0 Å². The van der Waals surface area contributed by atoms with E-state index in [9.17, 15) is 24.0 Å². The minimum Gasteiger partial charge on any atom is -0.481 e. The fraction of sp³-hybridized carbons (Fsp3) is 0.667. The number of hydrogen-bond acceptors (Lipinski definition) is 8. The van der Waals surface area contributed by atoms with Crippen LogP contribution < -0.4 is 0 Å². The van der Waals surface area contributed by atoms with E-state index >= 15 is 0 Å². The zero-order valence-corrected chi connectivity index (χ0v) is 15.2. The molecule has 0 saturated carbocycles. The summed E-state index contributed by atoms with van der Waals surface area (Å²) in [7, 11) is 0. The molecule has 0 aromatic carbocycles. The third kappa shape index (κ3) is 14.4. The van der Waals surface area contributed by atoms with Gasteiger partial charge in [-0.25, -0.2) is 0 Å². The molecule has 0 fully saturated rings. The maximum absolute atomic E-state index is 11.0. The average Bonchev–Trinajstić information content (AvgIpc) is 2.52. The van der Waals surface area contributed by atoms with Crippen LogP contribution in [0.2, 0.25) is 0 Å². The van der Waals surface area contributed by atoms with Gasteiger partial charge in [0.15, 0.2) is 0 Å². The minimum atomic E-state index is -1.23. The summed E-state index contributed by atoms with van der Waals surface area (Å²) in [5.41, 5.74) is 0. The van der Waals surface area contributed by atoms with E-state index in [1.807, 2.05) is 0 Å². The van der Waals surface area contributed by atoms with Gasteiger partial charge in [0, 0.05) is 32.7 Å². The van der Waals surface area contributed by atoms with Crippen LogP contribution in [0.3, 0.4) is 0 Å². The summed E-state index contributed by atoms with van der Waals surface area (Å²) in [5.74, 6) is -5.89. The summed E-state index contributed by atoms with van der Waals surface area (Å²) in [5, 5.41) is 44.2. The van der Waals surface area contributed by atoms with Crippen LogP contribution in [0.1, 0.15) is 6.42 Å². The Morgan fingerprint density at radius 1 is 0.429 bits per heavy atom. The summed E-state index contributed by atoms with van der Waals surface area (Å²) < 4.78 is 0. The van der Waals surface area contributed by atoms with Crippen LogP contribution in [-0.4, -0.2) is 129 Å². The highest BCUT2D eigenvalue weighted by Crippen LogP contribution is 1.98. The average molecular weight is 407 g/mol. The minimum absolute atomic E-state index is 0.0278. The van der Waals surface area contributed by atoms with Crippen LogP contribution >= 0.6 is 0 Å². The first-order valence-electron chi connectivity index (χ1n) is 8.25. The largest absolute Gasteiger partial charge is 0.481 e. The van der Waals surface area contributed by atoms with E-state index in [1.165, 1.54) is 9.80 Å². The number of carboxylic acids is 5. The molecule has 0 aromatic rings. The van der Waals surface area contributed by atoms with Gasteiger partial charge in [-0.3, -0.25) is 38.7 Å². The standard InChI is InChI=1S/C15H25N3O10/c19-11(20)1-2-16(7-12(21)22)3-4-17(8-13(23)24)5-6-18(9-14(25)26)10-15(27)28/h1-10H2,(H,19,20)(H,21,22)(H,23,24)(H,25,26)(H,27,28). The van der Waals surface area contributed by atoms with Crippen LogP contribution in [0, 0.1) is 0 Å². The van der Waals surface area contributed by atoms with Crippen molar-refractivity contribution in [2.75, 3.05) is 58.9 Å². The summed E-state index contributed by atoms with van der Waals surface area (Å²) >= 11 is 0. The molecule has 28 heavy (non-hydrogen) atoms. The Labute approximate surface area is 160 Å². The van der Waals surface area contributed by atoms with Gasteiger partial charge in [0.2, 0.25) is 0 Å². The van der Waals surface area contributed by atoms with Crippen molar-refractivity contribution >= 4 is 29.8 Å². The summed E-state index contributed by atoms with van der Waals surface area (Å²) in [6.07, 6.45) is -0.281. The molecule has 0 unspecified atom stereocenters. The van der Waals surface area contributed by atoms with Crippen LogP contribution in [0.25, 0.3) is 0 Å². The molecule has 0 saturated heterocycles. The third-order valence-electron chi connectivity index (χ3n) is 3.54. The van der Waals surface area contributed by atoms with Crippen molar-refractivity contribution < 1.29 is 49.5 Å². The Kier molecular flexibility index (Phi) is 12.1. The first kappa shape index (κ1) is 25.2. The lowest BCUT2D eigenvalue weighted by Crippen LogP contribution is -2.45. The summed E-state index contributed by atoms with van der Waals surface area (Å²) in [6, 6.07) is 0. The van der Waals surface area contributed by atoms with Crippen molar-refractivity contribution in [1.82, 2.24) is 14.7 Å². The molecule has 13 heteroatoms. The Hall–Kier alpha value is -2.77. The summed E-state index contributed by atoms with van der Waals surface area (Å²) in [4.78, 5) is 58.0. The van der Waals surface area contributed by atoms with E-state index in [4.69, 9.17) is 25.5 Å². The molecule has 0 rings (SSSR count). The number of rotatable bonds is 17. The monoisotopic (exact) mass is 407 g/mol. The van der Waals surface area contributed by atoms with E-state index in [-0.39, 0.29) is 39.1 Å². The number of hydrogen-bond donors (Lipinski definition) is 5. The van der Waals surface area contributed by atoms with Gasteiger partial charge in [-0.1, -0.05) is 0 Å². The van der Waals surface area contributed by atoms with Crippen molar-refractivity contribution in [3.05, 3.63) is 0 Å². The molecular weight excluding hydrogens is 382 g/mol. The molecule has 0 aliphatic heterocycles. The van der Waals surface area contributed by atoms with Crippen LogP contribution in [0.15, 0.2) is 0 Å². The molecule has 0 heterocycles. The fourth-order valence-corrected chi connectivity index (χ4v) is 2.34. The quantitative estimate of drug-likeness (QED) is 0.173. The Bertz CT molecular complexity index is 552. The lowest BCUT2D eigenvalue weighted by Gasteiger charge is -2.27. The van der Waals surface area contributed by atoms with Crippen LogP contribution in [0.5, 0.6) is 0 Å². The zero-order chi connectivity index (χ0) is 21.7. The van der Waals surface area contributed by atoms with Crippen molar-refractivity contribution in [1.29, 1.82) is 0 Å². The second-order valence-corrected chi connectivity index (χ2v) is 5.98. The van der Waals surface area contributed by atoms with Gasteiger partial charge in [0.05, 0.1) is 32.6 Å². The van der Waals surface area contributed by atoms with Gasteiger partial charge in [0.25, 0.3) is 0 Å². The highest BCUT2D eigenvalue weighted by molar-refractivity contribution is 5.72. The molecule has 0 bridgehead atoms. The van der Waals surface area contributed by atoms with Crippen molar-refractivity contribution in [2.24, 2.45) is 0 Å². The van der Waals surface area contributed by atoms with Crippen molar-refractivity contribution in [3.8, 4) is 0 Å². The highest BCUT2D eigenvalue weighted by atomic mass is 16.4. The fourth-order valence-electron chi connectivity index (χ4n) is 2.34. The maximum Gasteiger partial charge on any atom is 0.317 e. The molecule has 0 radical (unpaired) electrons. The van der Waals surface area contributed by atoms with Crippen molar-refractivity contribution in [2.45, 2.75) is 6.42 Å². The SMILES string of the molecule is O=C(O)CCN(CCN(CCN(CC(=O)O)CC(=O)O)CC(=O)O)CC(=O)O. The predicted octanol–water partition coefficient (Wildman–Crippen LogP) is -2.29. The first-order valence-corrected chi connectivity index (χ1v) is 8.25. The van der Waals surface area contributed by atoms with Gasteiger partial charge >= 0.3 is 29.8 Å². The maximum atomic E-state index is 11.0. The Balaban J connectivity index is 4.85. The molecule has 13 nitrogen and oxygen atoms in total. The summed E-state index contributed by atoms with van der Waals surface area (Å²) in [6.45, 7) is -1.78. The van der Waals surface area contributed by atoms with E-state index in [2.05, 4.69) is 0 Å². The molecular formula is C15H25N3O10. The predicted molar refractivity (Wildman–Crippen MR) is 92.1 cm³/mol. The second kappa shape index (κ2) is 13.4. The molecule has 5 N–H and O–H groups in total. The molecule has 160 valence electrons. The Morgan fingerprint density at radius 3 is 1.04 bits per heavy atom. The molecule has 0 aliphatic rings.